The zero-order valence-electron chi connectivity index (χ0n) is 11.0. The molecule has 1 rings (SSSR count). The molecule has 1 aromatic rings. The van der Waals surface area contributed by atoms with Crippen molar-refractivity contribution in [3.8, 4) is 5.75 Å². The van der Waals surface area contributed by atoms with E-state index < -0.39 is 5.82 Å². The molecule has 0 aliphatic carbocycles. The number of benzene rings is 1. The first-order chi connectivity index (χ1) is 8.91. The quantitative estimate of drug-likeness (QED) is 0.807. The SMILES string of the molecule is Cc1cccc(OCC(=O)N(C)CCC(N)=S)c1F. The van der Waals surface area contributed by atoms with Gasteiger partial charge in [-0.15, -0.1) is 0 Å². The van der Waals surface area contributed by atoms with Crippen molar-refractivity contribution >= 4 is 23.1 Å². The summed E-state index contributed by atoms with van der Waals surface area (Å²) in [6.45, 7) is 1.85. The molecule has 0 radical (unpaired) electrons. The molecule has 0 bridgehead atoms. The molecular formula is C13H17FN2O2S. The lowest BCUT2D eigenvalue weighted by atomic mass is 10.2. The maximum atomic E-state index is 13.6. The van der Waals surface area contributed by atoms with Crippen molar-refractivity contribution in [3.05, 3.63) is 29.6 Å². The topological polar surface area (TPSA) is 55.6 Å². The fraction of sp³-hybridized carbons (Fsp3) is 0.385. The molecule has 0 aliphatic rings. The molecule has 2 N–H and O–H groups in total. The van der Waals surface area contributed by atoms with Crippen molar-refractivity contribution in [1.82, 2.24) is 4.90 Å². The van der Waals surface area contributed by atoms with Crippen LogP contribution in [-0.4, -0.2) is 36.0 Å². The van der Waals surface area contributed by atoms with Crippen LogP contribution in [0.25, 0.3) is 0 Å². The summed E-state index contributed by atoms with van der Waals surface area (Å²) in [7, 11) is 1.62. The molecule has 0 fully saturated rings. The van der Waals surface area contributed by atoms with Gasteiger partial charge in [-0.2, -0.15) is 0 Å². The molecule has 1 aromatic carbocycles. The number of carbonyl (C=O) groups is 1. The molecule has 0 saturated heterocycles. The second kappa shape index (κ2) is 7.04. The van der Waals surface area contributed by atoms with Gasteiger partial charge in [0.15, 0.2) is 18.2 Å². The van der Waals surface area contributed by atoms with Crippen LogP contribution in [0.1, 0.15) is 12.0 Å². The van der Waals surface area contributed by atoms with Crippen LogP contribution in [0.3, 0.4) is 0 Å². The molecule has 0 aliphatic heterocycles. The number of rotatable bonds is 6. The van der Waals surface area contributed by atoms with Gasteiger partial charge in [0.2, 0.25) is 0 Å². The Kier molecular flexibility index (Phi) is 5.69. The largest absolute Gasteiger partial charge is 0.481 e. The summed E-state index contributed by atoms with van der Waals surface area (Å²) in [5.74, 6) is -0.616. The lowest BCUT2D eigenvalue weighted by Crippen LogP contribution is -2.33. The summed E-state index contributed by atoms with van der Waals surface area (Å²) < 4.78 is 18.8. The average molecular weight is 284 g/mol. The molecule has 104 valence electrons. The first kappa shape index (κ1) is 15.4. The monoisotopic (exact) mass is 284 g/mol. The number of hydrogen-bond donors (Lipinski definition) is 1. The summed E-state index contributed by atoms with van der Waals surface area (Å²) >= 11 is 4.73. The van der Waals surface area contributed by atoms with Gasteiger partial charge in [-0.05, 0) is 18.6 Å². The highest BCUT2D eigenvalue weighted by Crippen LogP contribution is 2.19. The van der Waals surface area contributed by atoms with Gasteiger partial charge < -0.3 is 15.4 Å². The van der Waals surface area contributed by atoms with Crippen LogP contribution in [0.5, 0.6) is 5.75 Å². The van der Waals surface area contributed by atoms with Gasteiger partial charge >= 0.3 is 0 Å². The Bertz CT molecular complexity index is 480. The molecule has 0 unspecified atom stereocenters. The van der Waals surface area contributed by atoms with Gasteiger partial charge in [0.25, 0.3) is 5.91 Å². The summed E-state index contributed by atoms with van der Waals surface area (Å²) in [6.07, 6.45) is 0.455. The fourth-order valence-corrected chi connectivity index (χ4v) is 1.48. The number of nitrogens with two attached hydrogens (primary N) is 1. The molecule has 4 nitrogen and oxygen atoms in total. The van der Waals surface area contributed by atoms with E-state index in [1.165, 1.54) is 11.0 Å². The minimum atomic E-state index is -0.443. The highest BCUT2D eigenvalue weighted by Gasteiger charge is 2.12. The summed E-state index contributed by atoms with van der Waals surface area (Å²) in [4.78, 5) is 13.5. The Labute approximate surface area is 117 Å². The molecule has 1 amide bonds. The molecule has 0 heterocycles. The molecule has 0 saturated carbocycles. The number of nitrogens with zero attached hydrogens (tertiary/aromatic N) is 1. The number of carbonyl (C=O) groups excluding carboxylic acids is 1. The van der Waals surface area contributed by atoms with Crippen LogP contribution in [-0.2, 0) is 4.79 Å². The van der Waals surface area contributed by atoms with Crippen molar-refractivity contribution in [2.45, 2.75) is 13.3 Å². The predicted molar refractivity (Wildman–Crippen MR) is 75.7 cm³/mol. The average Bonchev–Trinajstić information content (AvgIpc) is 2.37. The zero-order valence-corrected chi connectivity index (χ0v) is 11.8. The second-order valence-corrected chi connectivity index (χ2v) is 4.73. The number of likely N-dealkylation sites (N-methyl/N-ethyl adjacent to an activating group) is 1. The van der Waals surface area contributed by atoms with E-state index in [1.54, 1.807) is 26.1 Å². The van der Waals surface area contributed by atoms with Crippen LogP contribution in [0.15, 0.2) is 18.2 Å². The number of hydrogen-bond acceptors (Lipinski definition) is 3. The smallest absolute Gasteiger partial charge is 0.260 e. The maximum Gasteiger partial charge on any atom is 0.260 e. The van der Waals surface area contributed by atoms with Crippen molar-refractivity contribution in [1.29, 1.82) is 0 Å². The van der Waals surface area contributed by atoms with Gasteiger partial charge in [-0.3, -0.25) is 4.79 Å². The van der Waals surface area contributed by atoms with Crippen LogP contribution in [0.4, 0.5) is 4.39 Å². The fourth-order valence-electron chi connectivity index (χ4n) is 1.38. The van der Waals surface area contributed by atoms with Crippen molar-refractivity contribution in [2.24, 2.45) is 5.73 Å². The first-order valence-electron chi connectivity index (χ1n) is 5.82. The molecule has 6 heteroatoms. The number of thiocarbonyl (C=S) groups is 1. The number of ether oxygens (including phenoxy) is 1. The van der Waals surface area contributed by atoms with E-state index in [-0.39, 0.29) is 18.3 Å². The van der Waals surface area contributed by atoms with E-state index in [2.05, 4.69) is 0 Å². The van der Waals surface area contributed by atoms with Crippen molar-refractivity contribution < 1.29 is 13.9 Å². The molecular weight excluding hydrogens is 267 g/mol. The Morgan fingerprint density at radius 2 is 2.21 bits per heavy atom. The molecule has 19 heavy (non-hydrogen) atoms. The van der Waals surface area contributed by atoms with Crippen LogP contribution in [0, 0.1) is 12.7 Å². The third-order valence-electron chi connectivity index (χ3n) is 2.63. The lowest BCUT2D eigenvalue weighted by molar-refractivity contribution is -0.132. The first-order valence-corrected chi connectivity index (χ1v) is 6.23. The van der Waals surface area contributed by atoms with Gasteiger partial charge in [-0.1, -0.05) is 24.4 Å². The Morgan fingerprint density at radius 3 is 2.84 bits per heavy atom. The van der Waals surface area contributed by atoms with Gasteiger partial charge in [0.1, 0.15) is 0 Å². The lowest BCUT2D eigenvalue weighted by Gasteiger charge is -2.17. The summed E-state index contributed by atoms with van der Waals surface area (Å²) in [5.41, 5.74) is 5.83. The number of aryl methyl sites for hydroxylation is 1. The van der Waals surface area contributed by atoms with Crippen LogP contribution >= 0.6 is 12.2 Å². The Balaban J connectivity index is 2.49. The summed E-state index contributed by atoms with van der Waals surface area (Å²) in [6, 6.07) is 4.80. The van der Waals surface area contributed by atoms with Crippen molar-refractivity contribution in [3.63, 3.8) is 0 Å². The molecule has 0 atom stereocenters. The minimum absolute atomic E-state index is 0.0797. The second-order valence-electron chi connectivity index (χ2n) is 4.21. The van der Waals surface area contributed by atoms with E-state index in [1.807, 2.05) is 0 Å². The third-order valence-corrected chi connectivity index (χ3v) is 2.83. The Hall–Kier alpha value is -1.69. The predicted octanol–water partition coefficient (Wildman–Crippen LogP) is 1.65. The van der Waals surface area contributed by atoms with Gasteiger partial charge in [0, 0.05) is 20.0 Å². The third kappa shape index (κ3) is 4.82. The van der Waals surface area contributed by atoms with E-state index in [4.69, 9.17) is 22.7 Å². The Morgan fingerprint density at radius 1 is 1.53 bits per heavy atom. The highest BCUT2D eigenvalue weighted by molar-refractivity contribution is 7.80. The van der Waals surface area contributed by atoms with E-state index in [9.17, 15) is 9.18 Å². The van der Waals surface area contributed by atoms with Gasteiger partial charge in [-0.25, -0.2) is 4.39 Å². The highest BCUT2D eigenvalue weighted by atomic mass is 32.1. The normalized spacial score (nSPS) is 10.1. The van der Waals surface area contributed by atoms with Crippen LogP contribution in [0.2, 0.25) is 0 Å². The number of halogens is 1. The van der Waals surface area contributed by atoms with E-state index in [0.717, 1.165) is 0 Å². The van der Waals surface area contributed by atoms with Crippen molar-refractivity contribution in [2.75, 3.05) is 20.2 Å². The summed E-state index contributed by atoms with van der Waals surface area (Å²) in [5, 5.41) is 0. The maximum absolute atomic E-state index is 13.6. The molecule has 0 spiro atoms. The zero-order chi connectivity index (χ0) is 14.4. The van der Waals surface area contributed by atoms with E-state index >= 15 is 0 Å². The van der Waals surface area contributed by atoms with E-state index in [0.29, 0.717) is 23.5 Å². The van der Waals surface area contributed by atoms with Gasteiger partial charge in [0.05, 0.1) is 4.99 Å². The number of amides is 1. The molecule has 0 aromatic heterocycles. The van der Waals surface area contributed by atoms with Crippen LogP contribution < -0.4 is 10.5 Å². The minimum Gasteiger partial charge on any atom is -0.481 e. The standard InChI is InChI=1S/C13H17FN2O2S/c1-9-4-3-5-10(13(9)14)18-8-12(17)16(2)7-6-11(15)19/h3-5H,6-8H2,1-2H3,(H2,15,19).